The number of para-hydroxylation sites is 1. The number of aromatic nitrogens is 1. The lowest BCUT2D eigenvalue weighted by molar-refractivity contribution is 0.187. The van der Waals surface area contributed by atoms with Gasteiger partial charge in [0.25, 0.3) is 0 Å². The van der Waals surface area contributed by atoms with E-state index in [-0.39, 0.29) is 6.54 Å². The van der Waals surface area contributed by atoms with Crippen molar-refractivity contribution in [1.82, 2.24) is 4.98 Å². The number of nitrogens with two attached hydrogens (primary N) is 1. The highest BCUT2D eigenvalue weighted by atomic mass is 32.1. The Morgan fingerprint density at radius 2 is 2.12 bits per heavy atom. The van der Waals surface area contributed by atoms with Crippen molar-refractivity contribution in [2.45, 2.75) is 13.2 Å². The third-order valence-electron chi connectivity index (χ3n) is 3.42. The van der Waals surface area contributed by atoms with Crippen molar-refractivity contribution in [2.24, 2.45) is 5.73 Å². The van der Waals surface area contributed by atoms with Gasteiger partial charge in [-0.1, -0.05) is 12.1 Å². The summed E-state index contributed by atoms with van der Waals surface area (Å²) in [6, 6.07) is 13.3. The largest absolute Gasteiger partial charge is 0.486 e. The molecule has 2 aromatic carbocycles. The van der Waals surface area contributed by atoms with Crippen LogP contribution in [0, 0.1) is 0 Å². The second-order valence-corrected chi connectivity index (χ2v) is 6.12. The molecular formula is C17H17N3O3S. The van der Waals surface area contributed by atoms with Crippen LogP contribution in [0.15, 0.2) is 42.5 Å². The minimum atomic E-state index is -0.534. The molecule has 6 nitrogen and oxygen atoms in total. The van der Waals surface area contributed by atoms with Gasteiger partial charge in [0, 0.05) is 12.2 Å². The molecule has 124 valence electrons. The molecule has 3 aromatic rings. The Labute approximate surface area is 143 Å². The van der Waals surface area contributed by atoms with E-state index < -0.39 is 6.09 Å². The van der Waals surface area contributed by atoms with Gasteiger partial charge >= 0.3 is 6.09 Å². The predicted molar refractivity (Wildman–Crippen MR) is 94.3 cm³/mol. The maximum Gasteiger partial charge on any atom is 0.411 e. The average Bonchev–Trinajstić information content (AvgIpc) is 3.03. The molecule has 0 atom stereocenters. The minimum absolute atomic E-state index is 0.275. The summed E-state index contributed by atoms with van der Waals surface area (Å²) >= 11 is 1.61. The van der Waals surface area contributed by atoms with Crippen LogP contribution in [0.2, 0.25) is 0 Å². The van der Waals surface area contributed by atoms with Gasteiger partial charge in [-0.25, -0.2) is 9.78 Å². The van der Waals surface area contributed by atoms with Gasteiger partial charge in [0.1, 0.15) is 17.4 Å². The molecule has 0 aliphatic heterocycles. The number of carbonyl (C=O) groups is 1. The van der Waals surface area contributed by atoms with Crippen LogP contribution in [0.1, 0.15) is 10.6 Å². The highest BCUT2D eigenvalue weighted by Crippen LogP contribution is 2.25. The third-order valence-corrected chi connectivity index (χ3v) is 4.43. The number of ether oxygens (including phenoxy) is 2. The summed E-state index contributed by atoms with van der Waals surface area (Å²) in [6.45, 7) is 0.658. The molecule has 0 unspecified atom stereocenters. The van der Waals surface area contributed by atoms with Gasteiger partial charge in [-0.2, -0.15) is 0 Å². The van der Waals surface area contributed by atoms with Crippen molar-refractivity contribution in [3.63, 3.8) is 0 Å². The summed E-state index contributed by atoms with van der Waals surface area (Å²) in [6.07, 6.45) is -0.534. The van der Waals surface area contributed by atoms with E-state index in [1.54, 1.807) is 29.5 Å². The van der Waals surface area contributed by atoms with E-state index in [0.29, 0.717) is 18.0 Å². The van der Waals surface area contributed by atoms with Crippen LogP contribution in [-0.2, 0) is 17.9 Å². The monoisotopic (exact) mass is 343 g/mol. The van der Waals surface area contributed by atoms with Gasteiger partial charge < -0.3 is 15.2 Å². The Bertz CT molecular complexity index is 830. The molecule has 1 aromatic heterocycles. The Kier molecular flexibility index (Phi) is 4.93. The van der Waals surface area contributed by atoms with Crippen LogP contribution in [0.3, 0.4) is 0 Å². The fraction of sp³-hybridized carbons (Fsp3) is 0.176. The molecule has 3 rings (SSSR count). The number of anilines is 1. The third kappa shape index (κ3) is 3.64. The molecule has 24 heavy (non-hydrogen) atoms. The van der Waals surface area contributed by atoms with Crippen molar-refractivity contribution < 1.29 is 14.3 Å². The maximum atomic E-state index is 11.3. The molecule has 0 radical (unpaired) electrons. The van der Waals surface area contributed by atoms with Crippen LogP contribution >= 0.6 is 11.3 Å². The zero-order valence-electron chi connectivity index (χ0n) is 13.1. The lowest BCUT2D eigenvalue weighted by Crippen LogP contribution is -2.13. The van der Waals surface area contributed by atoms with E-state index in [4.69, 9.17) is 10.5 Å². The first-order valence-corrected chi connectivity index (χ1v) is 8.16. The standard InChI is InChI=1S/C17H17N3O3S/c1-22-17(21)20-13-7-6-12(8-11(13)9-18)23-10-16-19-14-4-2-3-5-15(14)24-16/h2-8H,9-10,18H2,1H3,(H,20,21). The number of amides is 1. The molecule has 0 saturated carbocycles. The van der Waals surface area contributed by atoms with E-state index in [1.807, 2.05) is 24.3 Å². The van der Waals surface area contributed by atoms with Crippen LogP contribution in [0.4, 0.5) is 10.5 Å². The van der Waals surface area contributed by atoms with Crippen molar-refractivity contribution in [3.05, 3.63) is 53.0 Å². The van der Waals surface area contributed by atoms with E-state index in [0.717, 1.165) is 20.8 Å². The van der Waals surface area contributed by atoms with Crippen molar-refractivity contribution >= 4 is 33.3 Å². The summed E-state index contributed by atoms with van der Waals surface area (Å²) in [5.74, 6) is 0.671. The topological polar surface area (TPSA) is 86.5 Å². The van der Waals surface area contributed by atoms with Gasteiger partial charge in [-0.3, -0.25) is 5.32 Å². The van der Waals surface area contributed by atoms with Crippen molar-refractivity contribution in [1.29, 1.82) is 0 Å². The number of rotatable bonds is 5. The smallest absolute Gasteiger partial charge is 0.411 e. The second kappa shape index (κ2) is 7.29. The molecule has 1 amide bonds. The van der Waals surface area contributed by atoms with E-state index in [1.165, 1.54) is 7.11 Å². The van der Waals surface area contributed by atoms with Crippen molar-refractivity contribution in [3.8, 4) is 5.75 Å². The predicted octanol–water partition coefficient (Wildman–Crippen LogP) is 3.51. The highest BCUT2D eigenvalue weighted by Gasteiger charge is 2.09. The number of hydrogen-bond donors (Lipinski definition) is 2. The van der Waals surface area contributed by atoms with Crippen molar-refractivity contribution in [2.75, 3.05) is 12.4 Å². The molecule has 1 heterocycles. The van der Waals surface area contributed by atoms with Crippen LogP contribution < -0.4 is 15.8 Å². The normalized spacial score (nSPS) is 10.6. The fourth-order valence-corrected chi connectivity index (χ4v) is 3.12. The Morgan fingerprint density at radius 1 is 1.29 bits per heavy atom. The molecule has 0 spiro atoms. The number of carbonyl (C=O) groups excluding carboxylic acids is 1. The summed E-state index contributed by atoms with van der Waals surface area (Å²) in [4.78, 5) is 15.9. The molecule has 0 bridgehead atoms. The summed E-state index contributed by atoms with van der Waals surface area (Å²) < 4.78 is 11.5. The van der Waals surface area contributed by atoms with Gasteiger partial charge in [-0.05, 0) is 35.9 Å². The first kappa shape index (κ1) is 16.2. The molecule has 0 fully saturated rings. The SMILES string of the molecule is COC(=O)Nc1ccc(OCc2nc3ccccc3s2)cc1CN. The number of fused-ring (bicyclic) bond motifs is 1. The zero-order valence-corrected chi connectivity index (χ0v) is 13.9. The van der Waals surface area contributed by atoms with E-state index in [2.05, 4.69) is 15.0 Å². The highest BCUT2D eigenvalue weighted by molar-refractivity contribution is 7.18. The number of thiazole rings is 1. The summed E-state index contributed by atoms with van der Waals surface area (Å²) in [5, 5.41) is 3.53. The molecule has 0 saturated heterocycles. The lowest BCUT2D eigenvalue weighted by atomic mass is 10.1. The van der Waals surface area contributed by atoms with Gasteiger partial charge in [0.05, 0.1) is 17.3 Å². The van der Waals surface area contributed by atoms with Crippen LogP contribution in [-0.4, -0.2) is 18.2 Å². The summed E-state index contributed by atoms with van der Waals surface area (Å²) in [5.41, 5.74) is 8.08. The maximum absolute atomic E-state index is 11.3. The molecule has 7 heteroatoms. The van der Waals surface area contributed by atoms with Gasteiger partial charge in [-0.15, -0.1) is 11.3 Å². The number of methoxy groups -OCH3 is 1. The van der Waals surface area contributed by atoms with Crippen LogP contribution in [0.25, 0.3) is 10.2 Å². The van der Waals surface area contributed by atoms with Crippen LogP contribution in [0.5, 0.6) is 5.75 Å². The number of nitrogens with one attached hydrogen (secondary N) is 1. The van der Waals surface area contributed by atoms with Gasteiger partial charge in [0.15, 0.2) is 0 Å². The lowest BCUT2D eigenvalue weighted by Gasteiger charge is -2.11. The number of nitrogens with zero attached hydrogens (tertiary/aromatic N) is 1. The zero-order chi connectivity index (χ0) is 16.9. The van der Waals surface area contributed by atoms with E-state index in [9.17, 15) is 4.79 Å². The second-order valence-electron chi connectivity index (χ2n) is 5.00. The van der Waals surface area contributed by atoms with Gasteiger partial charge in [0.2, 0.25) is 0 Å². The Balaban J connectivity index is 1.71. The molecule has 0 aliphatic rings. The van der Waals surface area contributed by atoms with E-state index >= 15 is 0 Å². The summed E-state index contributed by atoms with van der Waals surface area (Å²) in [7, 11) is 1.31. The quantitative estimate of drug-likeness (QED) is 0.740. The molecule has 0 aliphatic carbocycles. The minimum Gasteiger partial charge on any atom is -0.486 e. The molecule has 3 N–H and O–H groups in total. The fourth-order valence-electron chi connectivity index (χ4n) is 2.24. The Morgan fingerprint density at radius 3 is 2.88 bits per heavy atom. The molecular weight excluding hydrogens is 326 g/mol. The Hall–Kier alpha value is -2.64. The number of hydrogen-bond acceptors (Lipinski definition) is 6. The number of benzene rings is 2. The first-order chi connectivity index (χ1) is 11.7. The first-order valence-electron chi connectivity index (χ1n) is 7.35. The average molecular weight is 343 g/mol.